The van der Waals surface area contributed by atoms with E-state index in [1.165, 1.54) is 29.2 Å². The Labute approximate surface area is 198 Å². The molecule has 0 unspecified atom stereocenters. The summed E-state index contributed by atoms with van der Waals surface area (Å²) in [5, 5.41) is 6.94. The fourth-order valence-electron chi connectivity index (χ4n) is 3.84. The van der Waals surface area contributed by atoms with Gasteiger partial charge in [0.2, 0.25) is 5.91 Å². The first-order valence-electron chi connectivity index (χ1n) is 10.6. The largest absolute Gasteiger partial charge is 0.434 e. The maximum absolute atomic E-state index is 13.9. The SMILES string of the molecule is Cc1ccc(NC(=O)C2CCN(C(=O)c3cnn(-c4ccc(Cl)cc4)c3C(F)(F)F)CC2)nc1. The van der Waals surface area contributed by atoms with E-state index in [4.69, 9.17) is 11.6 Å². The number of aryl methyl sites for hydroxylation is 1. The number of likely N-dealkylation sites (tertiary alicyclic amines) is 1. The summed E-state index contributed by atoms with van der Waals surface area (Å²) >= 11 is 5.83. The van der Waals surface area contributed by atoms with Crippen molar-refractivity contribution >= 4 is 29.2 Å². The Hall–Kier alpha value is -3.40. The molecule has 4 rings (SSSR count). The van der Waals surface area contributed by atoms with Crippen molar-refractivity contribution in [2.45, 2.75) is 25.9 Å². The number of nitrogens with zero attached hydrogens (tertiary/aromatic N) is 4. The van der Waals surface area contributed by atoms with Crippen molar-refractivity contribution in [3.63, 3.8) is 0 Å². The highest BCUT2D eigenvalue weighted by atomic mass is 35.5. The van der Waals surface area contributed by atoms with E-state index in [0.29, 0.717) is 28.4 Å². The second-order valence-corrected chi connectivity index (χ2v) is 8.51. The Morgan fingerprint density at radius 1 is 1.06 bits per heavy atom. The molecule has 1 aromatic carbocycles. The summed E-state index contributed by atoms with van der Waals surface area (Å²) in [6.07, 6.45) is -1.58. The van der Waals surface area contributed by atoms with Gasteiger partial charge in [0.05, 0.1) is 17.4 Å². The van der Waals surface area contributed by atoms with Gasteiger partial charge >= 0.3 is 6.18 Å². The monoisotopic (exact) mass is 491 g/mol. The Morgan fingerprint density at radius 3 is 2.32 bits per heavy atom. The molecule has 0 bridgehead atoms. The molecule has 0 radical (unpaired) electrons. The van der Waals surface area contributed by atoms with Crippen LogP contribution in [0.15, 0.2) is 48.8 Å². The number of pyridine rings is 1. The zero-order valence-corrected chi connectivity index (χ0v) is 18.9. The van der Waals surface area contributed by atoms with E-state index in [1.807, 2.05) is 13.0 Å². The maximum Gasteiger partial charge on any atom is 0.434 e. The number of amides is 2. The molecule has 1 saturated heterocycles. The summed E-state index contributed by atoms with van der Waals surface area (Å²) in [5.74, 6) is -0.939. The fraction of sp³-hybridized carbons (Fsp3) is 0.304. The zero-order chi connectivity index (χ0) is 24.5. The van der Waals surface area contributed by atoms with Gasteiger partial charge in [-0.1, -0.05) is 17.7 Å². The lowest BCUT2D eigenvalue weighted by molar-refractivity contribution is -0.143. The lowest BCUT2D eigenvalue weighted by Gasteiger charge is -2.31. The summed E-state index contributed by atoms with van der Waals surface area (Å²) in [7, 11) is 0. The van der Waals surface area contributed by atoms with Crippen molar-refractivity contribution in [2.24, 2.45) is 5.92 Å². The van der Waals surface area contributed by atoms with Gasteiger partial charge in [0, 0.05) is 30.2 Å². The quantitative estimate of drug-likeness (QED) is 0.571. The highest BCUT2D eigenvalue weighted by Crippen LogP contribution is 2.35. The predicted octanol–water partition coefficient (Wildman–Crippen LogP) is 4.74. The highest BCUT2D eigenvalue weighted by Gasteiger charge is 2.42. The number of alkyl halides is 3. The molecular formula is C23H21ClF3N5O2. The standard InChI is InChI=1S/C23H21ClF3N5O2/c1-14-2-7-19(28-12-14)30-21(33)15-8-10-31(11-9-15)22(34)18-13-29-32(20(18)23(25,26)27)17-5-3-16(24)4-6-17/h2-7,12-13,15H,8-11H2,1H3,(H,28,30,33). The van der Waals surface area contributed by atoms with Crippen LogP contribution in [-0.4, -0.2) is 44.6 Å². The molecule has 7 nitrogen and oxygen atoms in total. The molecule has 0 spiro atoms. The summed E-state index contributed by atoms with van der Waals surface area (Å²) in [5.41, 5.74) is -0.586. The van der Waals surface area contributed by atoms with Gasteiger partial charge in [0.25, 0.3) is 5.91 Å². The van der Waals surface area contributed by atoms with Gasteiger partial charge in [-0.05, 0) is 55.7 Å². The van der Waals surface area contributed by atoms with Gasteiger partial charge in [0.1, 0.15) is 5.82 Å². The summed E-state index contributed by atoms with van der Waals surface area (Å²) in [6.45, 7) is 2.19. The number of nitrogens with one attached hydrogen (secondary N) is 1. The van der Waals surface area contributed by atoms with Gasteiger partial charge in [-0.25, -0.2) is 9.67 Å². The molecule has 3 aromatic rings. The second kappa shape index (κ2) is 9.46. The molecule has 2 amide bonds. The minimum Gasteiger partial charge on any atom is -0.338 e. The second-order valence-electron chi connectivity index (χ2n) is 8.07. The summed E-state index contributed by atoms with van der Waals surface area (Å²) < 4.78 is 42.4. The third kappa shape index (κ3) is 5.06. The van der Waals surface area contributed by atoms with Gasteiger partial charge in [-0.3, -0.25) is 9.59 Å². The molecule has 178 valence electrons. The average Bonchev–Trinajstić information content (AvgIpc) is 3.26. The minimum atomic E-state index is -4.81. The number of hydrogen-bond acceptors (Lipinski definition) is 4. The third-order valence-corrected chi connectivity index (χ3v) is 5.91. The number of rotatable bonds is 4. The summed E-state index contributed by atoms with van der Waals surface area (Å²) in [6, 6.07) is 9.21. The summed E-state index contributed by atoms with van der Waals surface area (Å²) in [4.78, 5) is 31.0. The Kier molecular flexibility index (Phi) is 6.60. The first kappa shape index (κ1) is 23.7. The average molecular weight is 492 g/mol. The number of carbonyl (C=O) groups excluding carboxylic acids is 2. The van der Waals surface area contributed by atoms with E-state index < -0.39 is 23.3 Å². The maximum atomic E-state index is 13.9. The van der Waals surface area contributed by atoms with Crippen molar-refractivity contribution in [3.8, 4) is 5.69 Å². The van der Waals surface area contributed by atoms with Crippen molar-refractivity contribution in [3.05, 3.63) is 70.6 Å². The van der Waals surface area contributed by atoms with E-state index in [0.717, 1.165) is 11.8 Å². The molecule has 0 saturated carbocycles. The van der Waals surface area contributed by atoms with Crippen LogP contribution in [0.3, 0.4) is 0 Å². The molecule has 0 atom stereocenters. The number of halogens is 4. The molecule has 1 aliphatic rings. The van der Waals surface area contributed by atoms with E-state index in [2.05, 4.69) is 15.4 Å². The highest BCUT2D eigenvalue weighted by molar-refractivity contribution is 6.30. The molecule has 1 aliphatic heterocycles. The molecule has 3 heterocycles. The smallest absolute Gasteiger partial charge is 0.338 e. The number of benzene rings is 1. The van der Waals surface area contributed by atoms with Gasteiger partial charge in [0.15, 0.2) is 5.69 Å². The number of carbonyl (C=O) groups is 2. The van der Waals surface area contributed by atoms with Gasteiger partial charge < -0.3 is 10.2 Å². The Bertz CT molecular complexity index is 1180. The van der Waals surface area contributed by atoms with Crippen LogP contribution < -0.4 is 5.32 Å². The number of piperidine rings is 1. The topological polar surface area (TPSA) is 80.1 Å². The fourth-order valence-corrected chi connectivity index (χ4v) is 3.97. The van der Waals surface area contributed by atoms with E-state index >= 15 is 0 Å². The lowest BCUT2D eigenvalue weighted by atomic mass is 9.95. The van der Waals surface area contributed by atoms with E-state index in [9.17, 15) is 22.8 Å². The first-order valence-corrected chi connectivity index (χ1v) is 10.9. The van der Waals surface area contributed by atoms with Crippen LogP contribution in [0.5, 0.6) is 0 Å². The molecule has 1 N–H and O–H groups in total. The Morgan fingerprint density at radius 2 is 1.74 bits per heavy atom. The van der Waals surface area contributed by atoms with Crippen LogP contribution in [0, 0.1) is 12.8 Å². The van der Waals surface area contributed by atoms with Gasteiger partial charge in [-0.2, -0.15) is 18.3 Å². The normalized spacial score (nSPS) is 14.8. The van der Waals surface area contributed by atoms with Crippen molar-refractivity contribution in [2.75, 3.05) is 18.4 Å². The number of anilines is 1. The Balaban J connectivity index is 1.47. The van der Waals surface area contributed by atoms with Crippen LogP contribution in [0.2, 0.25) is 5.02 Å². The van der Waals surface area contributed by atoms with Crippen molar-refractivity contribution in [1.82, 2.24) is 19.7 Å². The van der Waals surface area contributed by atoms with Crippen LogP contribution in [0.25, 0.3) is 5.69 Å². The number of hydrogen-bond donors (Lipinski definition) is 1. The molecule has 2 aromatic heterocycles. The third-order valence-electron chi connectivity index (χ3n) is 5.65. The molecular weight excluding hydrogens is 471 g/mol. The lowest BCUT2D eigenvalue weighted by Crippen LogP contribution is -2.42. The molecule has 1 fully saturated rings. The van der Waals surface area contributed by atoms with Gasteiger partial charge in [-0.15, -0.1) is 0 Å². The first-order chi connectivity index (χ1) is 16.1. The zero-order valence-electron chi connectivity index (χ0n) is 18.1. The predicted molar refractivity (Wildman–Crippen MR) is 120 cm³/mol. The van der Waals surface area contributed by atoms with Crippen LogP contribution in [0.1, 0.15) is 34.5 Å². The van der Waals surface area contributed by atoms with Crippen molar-refractivity contribution < 1.29 is 22.8 Å². The molecule has 34 heavy (non-hydrogen) atoms. The van der Waals surface area contributed by atoms with Crippen LogP contribution in [0.4, 0.5) is 19.0 Å². The van der Waals surface area contributed by atoms with E-state index in [1.54, 1.807) is 12.3 Å². The minimum absolute atomic E-state index is 0.135. The van der Waals surface area contributed by atoms with E-state index in [-0.39, 0.29) is 30.6 Å². The van der Waals surface area contributed by atoms with Crippen molar-refractivity contribution in [1.29, 1.82) is 0 Å². The number of aromatic nitrogens is 3. The molecule has 11 heteroatoms. The van der Waals surface area contributed by atoms with Crippen LogP contribution >= 0.6 is 11.6 Å². The molecule has 0 aliphatic carbocycles. The van der Waals surface area contributed by atoms with Crippen LogP contribution in [-0.2, 0) is 11.0 Å².